The van der Waals surface area contributed by atoms with E-state index in [0.29, 0.717) is 39.0 Å². The molecule has 4 aliphatic rings. The second-order valence-electron chi connectivity index (χ2n) is 19.5. The molecule has 4 fully saturated rings. The standard InChI is InChI=1S/C59H69N9O4S2/c1-3-52(73-42(2)50-16-10-32-67(50)59(72)56(48-14-8-5-9-15-48)64-55(70)27-35-66-38-30-61-31-39-66)46-22-18-43(19-23-46)44-20-24-47(25-21-44)53-41-63-57(74-53)51-17-11-33-68(51)58(71)49(45-12-6-4-7-13-45)40-62-54(69)26-34-65-36-28-60-29-37-65/h3-9,12-15,18-25,40-41,49-51,56,60-61H,2,10-11,16-17,26-39H2,1H3,(H,64,70)/b52-3-,62-40+/t49?,50-,51-,56+/m0/s1. The summed E-state index contributed by atoms with van der Waals surface area (Å²) in [5.41, 5.74) is 5.92. The highest BCUT2D eigenvalue weighted by molar-refractivity contribution is 8.11. The van der Waals surface area contributed by atoms with Crippen LogP contribution in [-0.2, 0) is 19.2 Å². The summed E-state index contributed by atoms with van der Waals surface area (Å²) in [7, 11) is 0. The number of thioether (sulfide) groups is 1. The van der Waals surface area contributed by atoms with Crippen LogP contribution in [0.5, 0.6) is 0 Å². The van der Waals surface area contributed by atoms with Crippen LogP contribution < -0.4 is 16.0 Å². The molecule has 4 saturated heterocycles. The van der Waals surface area contributed by atoms with Crippen LogP contribution in [0.2, 0.25) is 0 Å². The average Bonchev–Trinajstić information content (AvgIpc) is 4.27. The molecule has 0 saturated carbocycles. The summed E-state index contributed by atoms with van der Waals surface area (Å²) in [5, 5.41) is 10.7. The molecule has 13 nitrogen and oxygen atoms in total. The Morgan fingerprint density at radius 2 is 1.31 bits per heavy atom. The Kier molecular flexibility index (Phi) is 18.5. The first kappa shape index (κ1) is 52.8. The van der Waals surface area contributed by atoms with Crippen LogP contribution in [-0.4, -0.2) is 139 Å². The summed E-state index contributed by atoms with van der Waals surface area (Å²) in [4.78, 5) is 75.7. The van der Waals surface area contributed by atoms with Gasteiger partial charge in [0.1, 0.15) is 11.0 Å². The SMILES string of the molecule is C=C(S/C(=C\C)c1ccc(-c2ccc(-c3cnc([C@@H]4CCCN4C(=O)C(/C=N/C(=O)CCN4CCNCC4)c4ccccc4)s3)cc2)cc1)[C@@H]1CCCN1C(=O)[C@H](NC(=O)CCN1CCNCC1)c1ccccc1. The molecule has 1 unspecified atom stereocenters. The van der Waals surface area contributed by atoms with E-state index in [1.54, 1.807) is 29.3 Å². The van der Waals surface area contributed by atoms with E-state index in [9.17, 15) is 19.2 Å². The zero-order chi connectivity index (χ0) is 51.2. The van der Waals surface area contributed by atoms with Crippen molar-refractivity contribution in [1.82, 2.24) is 40.5 Å². The Morgan fingerprint density at radius 3 is 1.96 bits per heavy atom. The predicted octanol–water partition coefficient (Wildman–Crippen LogP) is 8.57. The molecule has 4 atom stereocenters. The lowest BCUT2D eigenvalue weighted by molar-refractivity contribution is -0.137. The maximum atomic E-state index is 14.4. The highest BCUT2D eigenvalue weighted by Crippen LogP contribution is 2.41. The zero-order valence-electron chi connectivity index (χ0n) is 42.5. The van der Waals surface area contributed by atoms with E-state index in [0.717, 1.165) is 131 Å². The Hall–Kier alpha value is -6.07. The summed E-state index contributed by atoms with van der Waals surface area (Å²) < 4.78 is 0. The molecule has 1 aromatic heterocycles. The molecular formula is C59H69N9O4S2. The van der Waals surface area contributed by atoms with Crippen molar-refractivity contribution in [2.45, 2.75) is 69.5 Å². The minimum atomic E-state index is -0.768. The molecule has 4 aromatic carbocycles. The molecule has 9 rings (SSSR count). The van der Waals surface area contributed by atoms with Gasteiger partial charge in [-0.25, -0.2) is 9.98 Å². The van der Waals surface area contributed by atoms with Crippen LogP contribution in [0.25, 0.3) is 26.5 Å². The number of rotatable bonds is 19. The number of benzene rings is 4. The molecule has 0 radical (unpaired) electrons. The van der Waals surface area contributed by atoms with Gasteiger partial charge in [-0.2, -0.15) is 0 Å². The Bertz CT molecular complexity index is 2750. The van der Waals surface area contributed by atoms with E-state index in [4.69, 9.17) is 4.98 Å². The normalized spacial score (nSPS) is 19.7. The van der Waals surface area contributed by atoms with Crippen LogP contribution in [0, 0.1) is 0 Å². The summed E-state index contributed by atoms with van der Waals surface area (Å²) >= 11 is 3.24. The first-order chi connectivity index (χ1) is 36.2. The Balaban J connectivity index is 0.810. The fourth-order valence-corrected chi connectivity index (χ4v) is 12.6. The maximum Gasteiger partial charge on any atom is 0.250 e. The number of carbonyl (C=O) groups is 4. The Morgan fingerprint density at radius 1 is 0.730 bits per heavy atom. The highest BCUT2D eigenvalue weighted by atomic mass is 32.2. The zero-order valence-corrected chi connectivity index (χ0v) is 44.1. The highest BCUT2D eigenvalue weighted by Gasteiger charge is 2.38. The lowest BCUT2D eigenvalue weighted by atomic mass is 9.98. The number of piperazine rings is 2. The van der Waals surface area contributed by atoms with E-state index in [-0.39, 0.29) is 35.7 Å². The van der Waals surface area contributed by atoms with Crippen molar-refractivity contribution in [3.05, 3.63) is 155 Å². The first-order valence-electron chi connectivity index (χ1n) is 26.4. The molecule has 3 N–H and O–H groups in total. The van der Waals surface area contributed by atoms with E-state index >= 15 is 0 Å². The lowest BCUT2D eigenvalue weighted by Gasteiger charge is -2.31. The van der Waals surface area contributed by atoms with E-state index in [1.165, 1.54) is 0 Å². The van der Waals surface area contributed by atoms with Gasteiger partial charge in [0.25, 0.3) is 0 Å². The number of amides is 4. The van der Waals surface area contributed by atoms with Crippen LogP contribution in [0.4, 0.5) is 0 Å². The number of aromatic nitrogens is 1. The topological polar surface area (TPSA) is 143 Å². The molecule has 0 bridgehead atoms. The number of hydrogen-bond donors (Lipinski definition) is 3. The summed E-state index contributed by atoms with van der Waals surface area (Å²) in [6, 6.07) is 35.2. The fraction of sp³-hybridized carbons (Fsp3) is 0.390. The van der Waals surface area contributed by atoms with Gasteiger partial charge in [-0.15, -0.1) is 11.3 Å². The molecule has 74 heavy (non-hydrogen) atoms. The monoisotopic (exact) mass is 1030 g/mol. The van der Waals surface area contributed by atoms with Crippen LogP contribution >= 0.6 is 23.1 Å². The summed E-state index contributed by atoms with van der Waals surface area (Å²) in [6.45, 7) is 16.5. The van der Waals surface area contributed by atoms with Gasteiger partial charge in [0.2, 0.25) is 23.6 Å². The first-order valence-corrected chi connectivity index (χ1v) is 28.0. The van der Waals surface area contributed by atoms with Gasteiger partial charge in [0.15, 0.2) is 0 Å². The second kappa shape index (κ2) is 25.9. The van der Waals surface area contributed by atoms with Crippen LogP contribution in [0.3, 0.4) is 0 Å². The number of thiazole rings is 1. The quantitative estimate of drug-likeness (QED) is 0.0689. The van der Waals surface area contributed by atoms with Crippen LogP contribution in [0.1, 0.15) is 85.1 Å². The van der Waals surface area contributed by atoms with Gasteiger partial charge in [-0.05, 0) is 66.0 Å². The molecule has 4 amide bonds. The van der Waals surface area contributed by atoms with E-state index in [2.05, 4.69) is 91.9 Å². The number of nitrogens with zero attached hydrogens (tertiary/aromatic N) is 6. The molecule has 5 heterocycles. The van der Waals surface area contributed by atoms with Crippen molar-refractivity contribution in [1.29, 1.82) is 0 Å². The number of aliphatic imine (C=N–C) groups is 1. The smallest absolute Gasteiger partial charge is 0.250 e. The van der Waals surface area contributed by atoms with Gasteiger partial charge >= 0.3 is 0 Å². The van der Waals surface area contributed by atoms with Crippen molar-refractivity contribution < 1.29 is 19.2 Å². The largest absolute Gasteiger partial charge is 0.340 e. The molecule has 0 spiro atoms. The summed E-state index contributed by atoms with van der Waals surface area (Å²) in [5.74, 6) is -1.15. The summed E-state index contributed by atoms with van der Waals surface area (Å²) in [6.07, 6.45) is 9.63. The Labute approximate surface area is 444 Å². The number of hydrogen-bond acceptors (Lipinski definition) is 11. The number of carbonyl (C=O) groups excluding carboxylic acids is 4. The number of likely N-dealkylation sites (tertiary alicyclic amines) is 2. The minimum Gasteiger partial charge on any atom is -0.340 e. The van der Waals surface area contributed by atoms with Crippen molar-refractivity contribution in [2.24, 2.45) is 4.99 Å². The molecular weight excluding hydrogens is 963 g/mol. The third kappa shape index (κ3) is 13.4. The minimum absolute atomic E-state index is 0.0606. The third-order valence-corrected chi connectivity index (χ3v) is 17.0. The van der Waals surface area contributed by atoms with Crippen molar-refractivity contribution in [2.75, 3.05) is 78.5 Å². The van der Waals surface area contributed by atoms with Crippen LogP contribution in [0.15, 0.2) is 138 Å². The van der Waals surface area contributed by atoms with Crippen molar-refractivity contribution in [3.63, 3.8) is 0 Å². The van der Waals surface area contributed by atoms with Crippen molar-refractivity contribution in [3.8, 4) is 21.6 Å². The molecule has 5 aromatic rings. The van der Waals surface area contributed by atoms with Gasteiger partial charge < -0.3 is 35.6 Å². The van der Waals surface area contributed by atoms with E-state index < -0.39 is 12.0 Å². The fourth-order valence-electron chi connectivity index (χ4n) is 10.4. The second-order valence-corrected chi connectivity index (χ2v) is 21.7. The molecule has 4 aliphatic heterocycles. The van der Waals surface area contributed by atoms with Gasteiger partial charge in [-0.1, -0.05) is 134 Å². The average molecular weight is 1030 g/mol. The lowest BCUT2D eigenvalue weighted by Crippen LogP contribution is -2.47. The van der Waals surface area contributed by atoms with Gasteiger partial charge in [-0.3, -0.25) is 19.2 Å². The third-order valence-electron chi connectivity index (χ3n) is 14.6. The maximum absolute atomic E-state index is 14.4. The molecule has 0 aliphatic carbocycles. The van der Waals surface area contributed by atoms with Crippen molar-refractivity contribution >= 4 is 57.8 Å². The van der Waals surface area contributed by atoms with Gasteiger partial charge in [0, 0.05) is 114 Å². The number of allylic oxidation sites excluding steroid dienone is 1. The predicted molar refractivity (Wildman–Crippen MR) is 300 cm³/mol. The molecule has 15 heteroatoms. The number of nitrogens with one attached hydrogen (secondary N) is 3. The van der Waals surface area contributed by atoms with E-state index in [1.807, 2.05) is 83.6 Å². The molecule has 386 valence electrons. The van der Waals surface area contributed by atoms with Gasteiger partial charge in [0.05, 0.1) is 22.9 Å².